The number of aliphatic hydroxyl groups is 1. The number of aromatic nitrogens is 4. The highest BCUT2D eigenvalue weighted by Crippen LogP contribution is 2.30. The van der Waals surface area contributed by atoms with Crippen molar-refractivity contribution in [3.05, 3.63) is 90.3 Å². The van der Waals surface area contributed by atoms with Crippen LogP contribution in [0.15, 0.2) is 73.4 Å². The van der Waals surface area contributed by atoms with Crippen molar-refractivity contribution in [2.45, 2.75) is 243 Å². The number of methoxy groups -OCH3 is 1. The Morgan fingerprint density at radius 2 is 1.04 bits per heavy atom. The zero-order chi connectivity index (χ0) is 91.2. The number of para-hydroxylation sites is 2. The average Bonchev–Trinajstić information content (AvgIpc) is 1.65. The standard InChI is InChI=1S/C83H116N20O20S2/c1-40(2)25-55-71(110)87-35-65(105)91-54(22-23-67(108)123-11)72(111)94-56(26-41(3)4)77(116)100-68(42(5)6)81(120)97-58(28-47-33-86-53-20-15-13-18-51(47)53)74(113)99-62-38-125-124-37-61(78(117)90-44(9)70(109)92-57(27-46-32-85-52-19-14-12-17-50(46)52)73(112)95-59(75(114)93-55)29-48-34-84-39-88-48)98-76(115)60(31-66(106)107)96-80(119)64-30-49(89-43(7)8)36-103(64)82(121)63-21-16-24-102(63)83(122)69(45(10)104)101-79(62)118/h12-15,17-20,32-34,39-45,49,54-64,68-69,85-86,89,104H,16,21-31,35-38H2,1-11H3,(H,84,88)(H,87,110)(H,90,117)(H,91,105)(H,92,109)(H,93,114)(H,94,111)(H,95,112)(H,96,119)(H,97,120)(H,98,115)(H,99,113)(H,100,116)(H,101,118)(H,106,107)/t44-,45+,49-,54-,55-,56-,57-,58?,59-,60-,61-,62-,63+,64-,68-,69-/m0/s1. The number of benzene rings is 2. The number of aromatic amines is 3. The van der Waals surface area contributed by atoms with Crippen molar-refractivity contribution < 1.29 is 96.5 Å². The zero-order valence-corrected chi connectivity index (χ0v) is 73.3. The molecule has 4 fully saturated rings. The number of ether oxygens (including phenoxy) is 1. The van der Waals surface area contributed by atoms with Gasteiger partial charge in [-0.25, -0.2) is 4.98 Å². The van der Waals surface area contributed by atoms with E-state index in [1.165, 1.54) is 36.2 Å². The molecule has 15 amide bonds. The summed E-state index contributed by atoms with van der Waals surface area (Å²) in [6.45, 7) is 15.2. The Labute approximate surface area is 729 Å². The molecule has 2 aromatic carbocycles. The summed E-state index contributed by atoms with van der Waals surface area (Å²) in [7, 11) is 2.70. The Balaban J connectivity index is 1.15. The lowest BCUT2D eigenvalue weighted by Gasteiger charge is -2.34. The Kier molecular flexibility index (Phi) is 35.2. The lowest BCUT2D eigenvalue weighted by atomic mass is 9.98. The van der Waals surface area contributed by atoms with Gasteiger partial charge in [-0.3, -0.25) is 81.5 Å². The molecule has 125 heavy (non-hydrogen) atoms. The quantitative estimate of drug-likeness (QED) is 0.0323. The van der Waals surface area contributed by atoms with Gasteiger partial charge < -0.3 is 114 Å². The third-order valence-electron chi connectivity index (χ3n) is 21.8. The summed E-state index contributed by atoms with van der Waals surface area (Å²) in [5.41, 5.74) is 2.53. The van der Waals surface area contributed by atoms with Crippen LogP contribution < -0.4 is 74.4 Å². The second kappa shape index (κ2) is 45.3. The van der Waals surface area contributed by atoms with Crippen molar-refractivity contribution in [3.63, 3.8) is 0 Å². The summed E-state index contributed by atoms with van der Waals surface area (Å²) in [6, 6.07) is -9.37. The molecule has 40 nitrogen and oxygen atoms in total. The number of hydrogen-bond donors (Lipinski definition) is 19. The summed E-state index contributed by atoms with van der Waals surface area (Å²) in [5, 5.41) is 60.8. The van der Waals surface area contributed by atoms with Crippen LogP contribution in [-0.2, 0) is 106 Å². The molecule has 1 unspecified atom stereocenters. The van der Waals surface area contributed by atoms with Crippen molar-refractivity contribution >= 4 is 144 Å². The molecule has 42 heteroatoms. The number of nitrogens with zero attached hydrogens (tertiary/aromatic N) is 3. The van der Waals surface area contributed by atoms with E-state index in [-0.39, 0.29) is 82.3 Å². The van der Waals surface area contributed by atoms with E-state index in [4.69, 9.17) is 4.74 Å². The van der Waals surface area contributed by atoms with Gasteiger partial charge in [0.25, 0.3) is 0 Å². The van der Waals surface area contributed by atoms with Crippen LogP contribution in [0.4, 0.5) is 0 Å². The number of esters is 1. The first-order valence-corrected chi connectivity index (χ1v) is 44.4. The van der Waals surface area contributed by atoms with Gasteiger partial charge in [-0.05, 0) is 93.4 Å². The molecule has 19 N–H and O–H groups in total. The van der Waals surface area contributed by atoms with E-state index in [9.17, 15) is 58.2 Å². The van der Waals surface area contributed by atoms with Crippen molar-refractivity contribution in [1.29, 1.82) is 0 Å². The van der Waals surface area contributed by atoms with Crippen molar-refractivity contribution in [2.24, 2.45) is 17.8 Å². The molecular formula is C83H116N20O20S2. The van der Waals surface area contributed by atoms with Gasteiger partial charge in [0.15, 0.2) is 0 Å². The number of amides is 15. The minimum Gasteiger partial charge on any atom is -0.481 e. The van der Waals surface area contributed by atoms with E-state index in [0.29, 0.717) is 38.6 Å². The molecular weight excluding hydrogens is 1660 g/mol. The number of aliphatic carboxylic acids is 1. The van der Waals surface area contributed by atoms with Gasteiger partial charge in [0.1, 0.15) is 84.6 Å². The van der Waals surface area contributed by atoms with Crippen molar-refractivity contribution in [2.75, 3.05) is 38.2 Å². The first-order chi connectivity index (χ1) is 59.4. The maximum Gasteiger partial charge on any atom is 0.305 e. The second-order valence-corrected chi connectivity index (χ2v) is 36.0. The van der Waals surface area contributed by atoms with E-state index in [2.05, 4.69) is 94.4 Å². The molecule has 0 aliphatic carbocycles. The predicted molar refractivity (Wildman–Crippen MR) is 459 cm³/mol. The van der Waals surface area contributed by atoms with E-state index >= 15 is 33.6 Å². The van der Waals surface area contributed by atoms with E-state index in [0.717, 1.165) is 28.7 Å². The number of nitrogens with one attached hydrogen (secondary N) is 17. The Hall–Kier alpha value is -11.7. The van der Waals surface area contributed by atoms with E-state index < -0.39 is 241 Å². The molecule has 4 aliphatic heterocycles. The normalized spacial score (nSPS) is 26.6. The largest absolute Gasteiger partial charge is 0.481 e. The van der Waals surface area contributed by atoms with Gasteiger partial charge >= 0.3 is 11.9 Å². The maximum atomic E-state index is 15.6. The molecule has 2 bridgehead atoms. The topological polar surface area (TPSA) is 575 Å². The first-order valence-electron chi connectivity index (χ1n) is 41.9. The van der Waals surface area contributed by atoms with Gasteiger partial charge in [-0.2, -0.15) is 0 Å². The third kappa shape index (κ3) is 27.2. The number of carboxylic acid groups (broad SMARTS) is 1. The second-order valence-electron chi connectivity index (χ2n) is 33.4. The fraction of sp³-hybridized carbons (Fsp3) is 0.566. The average molecular weight is 1780 g/mol. The van der Waals surface area contributed by atoms with Crippen LogP contribution in [0.2, 0.25) is 0 Å². The smallest absolute Gasteiger partial charge is 0.305 e. The molecule has 5 aromatic rings. The number of carbonyl (C=O) groups excluding carboxylic acids is 16. The molecule has 3 aromatic heterocycles. The van der Waals surface area contributed by atoms with Gasteiger partial charge in [-0.15, -0.1) is 0 Å². The maximum absolute atomic E-state index is 15.6. The summed E-state index contributed by atoms with van der Waals surface area (Å²) in [5.74, 6) is -19.7. The molecule has 4 aliphatic rings. The minimum atomic E-state index is -1.98. The molecule has 4 saturated heterocycles. The third-order valence-corrected chi connectivity index (χ3v) is 24.3. The molecule has 16 atom stereocenters. The fourth-order valence-corrected chi connectivity index (χ4v) is 17.7. The van der Waals surface area contributed by atoms with E-state index in [1.807, 2.05) is 13.8 Å². The molecule has 0 spiro atoms. The van der Waals surface area contributed by atoms with Crippen LogP contribution in [0.5, 0.6) is 0 Å². The summed E-state index contributed by atoms with van der Waals surface area (Å²) in [6.07, 6.45) is 1.43. The number of hydrogen-bond acceptors (Lipinski definition) is 23. The lowest BCUT2D eigenvalue weighted by molar-refractivity contribution is -0.149. The highest BCUT2D eigenvalue weighted by Gasteiger charge is 2.49. The minimum absolute atomic E-state index is 0.0381. The highest BCUT2D eigenvalue weighted by atomic mass is 33.1. The molecule has 9 rings (SSSR count). The number of carbonyl (C=O) groups is 17. The van der Waals surface area contributed by atoms with Crippen LogP contribution >= 0.6 is 21.6 Å². The van der Waals surface area contributed by atoms with Crippen LogP contribution in [0, 0.1) is 17.8 Å². The SMILES string of the molecule is COC(=O)CC[C@@H]1NC(=O)CNC(=O)[C@H](CC(C)C)NC(=O)[C@H](Cc2cnc[nH]2)NC(=O)[C@H](Cc2c[nH]c3ccccc23)NC(=O)[C@H](C)NC(=O)[C@@H]2CSSC[C@H](NC(=O)C(Cc3c[nH]c4ccccc34)NC(=O)[C@H](C(C)C)NC(=O)[C@H](CC(C)C)NC1=O)C(=O)N[C@@H]([C@@H](C)O)C(=O)N1CCC[C@@H]1C(=O)N1C[C@@H](NC(C)C)C[C@H]1C(=O)N[C@@H](CC(=O)O)C(=O)N2. The van der Waals surface area contributed by atoms with Crippen molar-refractivity contribution in [3.8, 4) is 0 Å². The van der Waals surface area contributed by atoms with E-state index in [1.54, 1.807) is 102 Å². The number of fused-ring (bicyclic) bond motifs is 9. The zero-order valence-electron chi connectivity index (χ0n) is 71.7. The molecule has 0 saturated carbocycles. The van der Waals surface area contributed by atoms with Crippen LogP contribution in [0.3, 0.4) is 0 Å². The lowest BCUT2D eigenvalue weighted by Crippen LogP contribution is -2.63. The summed E-state index contributed by atoms with van der Waals surface area (Å²) >= 11 is 0. The molecule has 7 heterocycles. The number of H-pyrrole nitrogens is 3. The van der Waals surface area contributed by atoms with Gasteiger partial charge in [0.05, 0.1) is 32.5 Å². The monoisotopic (exact) mass is 1780 g/mol. The molecule has 0 radical (unpaired) electrons. The fourth-order valence-electron chi connectivity index (χ4n) is 15.4. The Bertz CT molecular complexity index is 4730. The molecule has 680 valence electrons. The van der Waals surface area contributed by atoms with Gasteiger partial charge in [0.2, 0.25) is 88.6 Å². The summed E-state index contributed by atoms with van der Waals surface area (Å²) in [4.78, 5) is 266. The Morgan fingerprint density at radius 3 is 1.58 bits per heavy atom. The van der Waals surface area contributed by atoms with Gasteiger partial charge in [-0.1, -0.05) is 113 Å². The predicted octanol–water partition coefficient (Wildman–Crippen LogP) is -1.72. The van der Waals surface area contributed by atoms with Crippen LogP contribution in [0.1, 0.15) is 137 Å². The number of imidazole rings is 1. The Morgan fingerprint density at radius 1 is 0.536 bits per heavy atom. The van der Waals surface area contributed by atoms with Crippen LogP contribution in [-0.4, -0.2) is 282 Å². The van der Waals surface area contributed by atoms with Crippen molar-refractivity contribution in [1.82, 2.24) is 104 Å². The number of aliphatic hydroxyl groups excluding tert-OH is 1. The number of carboxylic acids is 1. The van der Waals surface area contributed by atoms with Gasteiger partial charge in [0, 0.05) is 108 Å². The number of rotatable bonds is 19. The summed E-state index contributed by atoms with van der Waals surface area (Å²) < 4.78 is 4.86. The van der Waals surface area contributed by atoms with Crippen LogP contribution in [0.25, 0.3) is 21.8 Å². The highest BCUT2D eigenvalue weighted by molar-refractivity contribution is 8.76. The first kappa shape index (κ1) is 97.2.